The number of ether oxygens (including phenoxy) is 1. The molecule has 1 N–H and O–H groups in total. The summed E-state index contributed by atoms with van der Waals surface area (Å²) in [6.07, 6.45) is 0. The molecule has 0 radical (unpaired) electrons. The number of carbonyl (C=O) groups is 1. The topological polar surface area (TPSA) is 59.7 Å². The van der Waals surface area contributed by atoms with Crippen molar-refractivity contribution in [2.45, 2.75) is 6.92 Å². The second-order valence-electron chi connectivity index (χ2n) is 3.22. The van der Waals surface area contributed by atoms with Crippen LogP contribution in [0.3, 0.4) is 0 Å². The van der Waals surface area contributed by atoms with Crippen LogP contribution in [0.4, 0.5) is 0 Å². The third-order valence-electron chi connectivity index (χ3n) is 2.21. The van der Waals surface area contributed by atoms with Crippen LogP contribution in [0.15, 0.2) is 22.6 Å². The van der Waals surface area contributed by atoms with Crippen molar-refractivity contribution in [1.82, 2.24) is 0 Å². The van der Waals surface area contributed by atoms with Crippen LogP contribution in [0.25, 0.3) is 11.0 Å². The number of aryl methyl sites for hydroxylation is 1. The van der Waals surface area contributed by atoms with Crippen molar-refractivity contribution >= 4 is 16.9 Å². The lowest BCUT2D eigenvalue weighted by Crippen LogP contribution is -2.00. The van der Waals surface area contributed by atoms with Gasteiger partial charge in [0.25, 0.3) is 0 Å². The Balaban J connectivity index is 2.80. The summed E-state index contributed by atoms with van der Waals surface area (Å²) in [6, 6.07) is 4.88. The van der Waals surface area contributed by atoms with Gasteiger partial charge in [-0.15, -0.1) is 0 Å². The molecule has 78 valence electrons. The summed E-state index contributed by atoms with van der Waals surface area (Å²) < 4.78 is 10.5. The summed E-state index contributed by atoms with van der Waals surface area (Å²) in [4.78, 5) is 10.9. The Hall–Kier alpha value is -1.97. The van der Waals surface area contributed by atoms with E-state index in [1.165, 1.54) is 13.2 Å². The highest BCUT2D eigenvalue weighted by Gasteiger charge is 2.16. The fraction of sp³-hybridized carbons (Fsp3) is 0.182. The molecule has 0 saturated heterocycles. The fourth-order valence-corrected chi connectivity index (χ4v) is 1.60. The average molecular weight is 206 g/mol. The van der Waals surface area contributed by atoms with Crippen LogP contribution in [0.5, 0.6) is 5.75 Å². The van der Waals surface area contributed by atoms with Crippen molar-refractivity contribution < 1.29 is 19.1 Å². The van der Waals surface area contributed by atoms with Gasteiger partial charge in [0.15, 0.2) is 0 Å². The van der Waals surface area contributed by atoms with Gasteiger partial charge < -0.3 is 14.3 Å². The van der Waals surface area contributed by atoms with Crippen molar-refractivity contribution in [2.24, 2.45) is 0 Å². The molecule has 0 aliphatic heterocycles. The normalized spacial score (nSPS) is 10.5. The van der Waals surface area contributed by atoms with E-state index in [0.717, 1.165) is 5.76 Å². The Morgan fingerprint density at radius 2 is 2.20 bits per heavy atom. The third kappa shape index (κ3) is 1.44. The second kappa shape index (κ2) is 3.31. The van der Waals surface area contributed by atoms with Crippen LogP contribution in [0.1, 0.15) is 16.1 Å². The number of carboxylic acids is 1. The molecule has 1 aromatic carbocycles. The molecule has 0 spiro atoms. The van der Waals surface area contributed by atoms with Gasteiger partial charge in [-0.05, 0) is 25.1 Å². The lowest BCUT2D eigenvalue weighted by molar-refractivity contribution is 0.0693. The van der Waals surface area contributed by atoms with Crippen LogP contribution < -0.4 is 4.74 Å². The van der Waals surface area contributed by atoms with E-state index in [9.17, 15) is 4.79 Å². The molecule has 0 aliphatic rings. The molecule has 4 heteroatoms. The quantitative estimate of drug-likeness (QED) is 0.819. The van der Waals surface area contributed by atoms with Gasteiger partial charge in [-0.3, -0.25) is 0 Å². The molecule has 1 heterocycles. The van der Waals surface area contributed by atoms with Gasteiger partial charge in [0, 0.05) is 0 Å². The number of furan rings is 1. The summed E-state index contributed by atoms with van der Waals surface area (Å²) in [5, 5.41) is 9.64. The number of aromatic carboxylic acids is 1. The first-order chi connectivity index (χ1) is 7.13. The highest BCUT2D eigenvalue weighted by atomic mass is 16.5. The number of benzene rings is 1. The van der Waals surface area contributed by atoms with E-state index in [0.29, 0.717) is 16.7 Å². The van der Waals surface area contributed by atoms with Crippen molar-refractivity contribution in [3.8, 4) is 5.75 Å². The van der Waals surface area contributed by atoms with Gasteiger partial charge in [0.2, 0.25) is 0 Å². The molecule has 0 aliphatic carbocycles. The first-order valence-electron chi connectivity index (χ1n) is 4.44. The van der Waals surface area contributed by atoms with Crippen molar-refractivity contribution in [3.05, 3.63) is 29.5 Å². The molecule has 4 nitrogen and oxygen atoms in total. The first-order valence-corrected chi connectivity index (χ1v) is 4.44. The zero-order valence-electron chi connectivity index (χ0n) is 8.40. The van der Waals surface area contributed by atoms with E-state index in [2.05, 4.69) is 0 Å². The van der Waals surface area contributed by atoms with E-state index >= 15 is 0 Å². The summed E-state index contributed by atoms with van der Waals surface area (Å²) in [5.41, 5.74) is 0.778. The Labute approximate surface area is 86.1 Å². The second-order valence-corrected chi connectivity index (χ2v) is 3.22. The number of rotatable bonds is 2. The van der Waals surface area contributed by atoms with E-state index < -0.39 is 5.97 Å². The van der Waals surface area contributed by atoms with Crippen molar-refractivity contribution in [1.29, 1.82) is 0 Å². The standard InChI is InChI=1S/C11H10O4/c1-6-5-8-9(15-6)4-3-7(11(12)13)10(8)14-2/h3-5H,1-2H3,(H,12,13). The van der Waals surface area contributed by atoms with Crippen molar-refractivity contribution in [3.63, 3.8) is 0 Å². The smallest absolute Gasteiger partial charge is 0.339 e. The minimum absolute atomic E-state index is 0.144. The Morgan fingerprint density at radius 1 is 1.47 bits per heavy atom. The molecule has 0 amide bonds. The maximum atomic E-state index is 10.9. The highest BCUT2D eigenvalue weighted by Crippen LogP contribution is 2.31. The molecular formula is C11H10O4. The zero-order chi connectivity index (χ0) is 11.0. The van der Waals surface area contributed by atoms with Crippen LogP contribution in [0, 0.1) is 6.92 Å². The molecule has 2 rings (SSSR count). The number of hydrogen-bond donors (Lipinski definition) is 1. The summed E-state index contributed by atoms with van der Waals surface area (Å²) in [5.74, 6) is 0.0651. The first kappa shape index (κ1) is 9.58. The summed E-state index contributed by atoms with van der Waals surface area (Å²) in [6.45, 7) is 1.81. The van der Waals surface area contributed by atoms with E-state index in [-0.39, 0.29) is 5.56 Å². The van der Waals surface area contributed by atoms with Crippen LogP contribution in [-0.4, -0.2) is 18.2 Å². The fourth-order valence-electron chi connectivity index (χ4n) is 1.60. The van der Waals surface area contributed by atoms with Gasteiger partial charge in [0.1, 0.15) is 22.7 Å². The van der Waals surface area contributed by atoms with E-state index in [4.69, 9.17) is 14.3 Å². The zero-order valence-corrected chi connectivity index (χ0v) is 8.40. The van der Waals surface area contributed by atoms with E-state index in [1.54, 1.807) is 19.1 Å². The SMILES string of the molecule is COc1c(C(=O)O)ccc2oc(C)cc12. The number of fused-ring (bicyclic) bond motifs is 1. The van der Waals surface area contributed by atoms with Gasteiger partial charge in [-0.2, -0.15) is 0 Å². The monoisotopic (exact) mass is 206 g/mol. The van der Waals surface area contributed by atoms with Gasteiger partial charge in [-0.25, -0.2) is 4.79 Å². The predicted molar refractivity (Wildman–Crippen MR) is 54.5 cm³/mol. The number of carboxylic acid groups (broad SMARTS) is 1. The molecule has 0 fully saturated rings. The van der Waals surface area contributed by atoms with Crippen LogP contribution in [-0.2, 0) is 0 Å². The molecule has 1 aromatic heterocycles. The molecule has 15 heavy (non-hydrogen) atoms. The number of hydrogen-bond acceptors (Lipinski definition) is 3. The largest absolute Gasteiger partial charge is 0.495 e. The average Bonchev–Trinajstić information content (AvgIpc) is 2.55. The maximum absolute atomic E-state index is 10.9. The molecular weight excluding hydrogens is 196 g/mol. The van der Waals surface area contributed by atoms with Gasteiger partial charge >= 0.3 is 5.97 Å². The van der Waals surface area contributed by atoms with Gasteiger partial charge in [0.05, 0.1) is 12.5 Å². The van der Waals surface area contributed by atoms with Crippen LogP contribution >= 0.6 is 0 Å². The minimum Gasteiger partial charge on any atom is -0.495 e. The molecule has 0 unspecified atom stereocenters. The Morgan fingerprint density at radius 3 is 2.80 bits per heavy atom. The predicted octanol–water partition coefficient (Wildman–Crippen LogP) is 2.45. The Kier molecular flexibility index (Phi) is 2.11. The minimum atomic E-state index is -1.01. The molecule has 2 aromatic rings. The Bertz CT molecular complexity index is 525. The van der Waals surface area contributed by atoms with Crippen molar-refractivity contribution in [2.75, 3.05) is 7.11 Å². The lowest BCUT2D eigenvalue weighted by Gasteiger charge is -2.04. The van der Waals surface area contributed by atoms with Gasteiger partial charge in [-0.1, -0.05) is 0 Å². The summed E-state index contributed by atoms with van der Waals surface area (Å²) >= 11 is 0. The lowest BCUT2D eigenvalue weighted by atomic mass is 10.1. The number of methoxy groups -OCH3 is 1. The summed E-state index contributed by atoms with van der Waals surface area (Å²) in [7, 11) is 1.45. The molecule has 0 saturated carbocycles. The van der Waals surface area contributed by atoms with Crippen LogP contribution in [0.2, 0.25) is 0 Å². The maximum Gasteiger partial charge on any atom is 0.339 e. The molecule has 0 atom stereocenters. The molecule has 0 bridgehead atoms. The highest BCUT2D eigenvalue weighted by molar-refractivity contribution is 5.99. The third-order valence-corrected chi connectivity index (χ3v) is 2.21. The van der Waals surface area contributed by atoms with E-state index in [1.807, 2.05) is 0 Å².